The molecule has 6 nitrogen and oxygen atoms in total. The average Bonchev–Trinajstić information content (AvgIpc) is 3.48. The van der Waals surface area contributed by atoms with E-state index in [1.54, 1.807) is 6.20 Å². The van der Waals surface area contributed by atoms with E-state index in [4.69, 9.17) is 5.10 Å². The zero-order chi connectivity index (χ0) is 20.5. The van der Waals surface area contributed by atoms with Crippen LogP contribution in [-0.2, 0) is 16.4 Å². The lowest BCUT2D eigenvalue weighted by atomic mass is 9.83. The molecule has 2 aliphatic carbocycles. The van der Waals surface area contributed by atoms with Crippen LogP contribution in [0.4, 0.5) is 0 Å². The lowest BCUT2D eigenvalue weighted by Crippen LogP contribution is -2.51. The lowest BCUT2D eigenvalue weighted by Gasteiger charge is -2.40. The Morgan fingerprint density at radius 3 is 2.73 bits per heavy atom. The normalized spacial score (nSPS) is 33.9. The number of pyridine rings is 1. The monoisotopic (exact) mass is 426 g/mol. The van der Waals surface area contributed by atoms with Gasteiger partial charge in [-0.1, -0.05) is 0 Å². The van der Waals surface area contributed by atoms with Crippen LogP contribution in [0.2, 0.25) is 0 Å². The summed E-state index contributed by atoms with van der Waals surface area (Å²) in [5.74, 6) is 2.92. The summed E-state index contributed by atoms with van der Waals surface area (Å²) in [6.45, 7) is 5.17. The highest BCUT2D eigenvalue weighted by Gasteiger charge is 2.56. The molecule has 30 heavy (non-hydrogen) atoms. The van der Waals surface area contributed by atoms with Crippen LogP contribution in [0, 0.1) is 17.3 Å². The van der Waals surface area contributed by atoms with Gasteiger partial charge in [-0.25, -0.2) is 8.42 Å². The molecular formula is C23H30N4O2S. The molecule has 1 unspecified atom stereocenters. The molecule has 6 rings (SSSR count). The Kier molecular flexibility index (Phi) is 4.20. The second-order valence-corrected chi connectivity index (χ2v) is 12.2. The summed E-state index contributed by atoms with van der Waals surface area (Å²) in [6, 6.07) is 7.01. The summed E-state index contributed by atoms with van der Waals surface area (Å²) >= 11 is 0. The highest BCUT2D eigenvalue weighted by atomic mass is 32.2. The molecule has 0 N–H and O–H groups in total. The summed E-state index contributed by atoms with van der Waals surface area (Å²) in [7, 11) is -2.74. The van der Waals surface area contributed by atoms with Crippen molar-refractivity contribution in [1.29, 1.82) is 0 Å². The number of hydrogen-bond donors (Lipinski definition) is 0. The summed E-state index contributed by atoms with van der Waals surface area (Å²) in [6.07, 6.45) is 8.59. The van der Waals surface area contributed by atoms with Gasteiger partial charge in [0.2, 0.25) is 0 Å². The highest BCUT2D eigenvalue weighted by Crippen LogP contribution is 2.56. The molecule has 2 saturated heterocycles. The number of likely N-dealkylation sites (tertiary alicyclic amines) is 1. The first-order valence-electron chi connectivity index (χ1n) is 11.4. The Hall–Kier alpha value is -1.73. The fourth-order valence-corrected chi connectivity index (χ4v) is 9.32. The first-order chi connectivity index (χ1) is 14.5. The molecule has 2 saturated carbocycles. The van der Waals surface area contributed by atoms with Crippen molar-refractivity contribution in [2.75, 3.05) is 24.6 Å². The van der Waals surface area contributed by atoms with E-state index < -0.39 is 9.84 Å². The first kappa shape index (κ1) is 19.0. The van der Waals surface area contributed by atoms with Gasteiger partial charge < -0.3 is 0 Å². The first-order valence-corrected chi connectivity index (χ1v) is 13.2. The molecule has 0 radical (unpaired) electrons. The summed E-state index contributed by atoms with van der Waals surface area (Å²) in [4.78, 5) is 6.90. The Morgan fingerprint density at radius 1 is 1.20 bits per heavy atom. The molecular weight excluding hydrogens is 396 g/mol. The molecule has 0 amide bonds. The van der Waals surface area contributed by atoms with Crippen LogP contribution in [0.1, 0.15) is 44.2 Å². The molecule has 2 aromatic heterocycles. The SMILES string of the molecule is CCn1nc(-c2cccnc2)cc1[C@@H]1CC2C[C@H]1C[C@H]2N1CCC2(C1)CS(=O)(=O)C2. The van der Waals surface area contributed by atoms with E-state index in [0.29, 0.717) is 23.5 Å². The fraction of sp³-hybridized carbons (Fsp3) is 0.652. The summed E-state index contributed by atoms with van der Waals surface area (Å²) in [5, 5.41) is 4.88. The van der Waals surface area contributed by atoms with Gasteiger partial charge in [-0.15, -0.1) is 0 Å². The number of rotatable bonds is 4. The number of sulfone groups is 1. The van der Waals surface area contributed by atoms with Crippen molar-refractivity contribution < 1.29 is 8.42 Å². The zero-order valence-corrected chi connectivity index (χ0v) is 18.4. The van der Waals surface area contributed by atoms with Crippen LogP contribution in [0.5, 0.6) is 0 Å². The van der Waals surface area contributed by atoms with Crippen molar-refractivity contribution in [3.63, 3.8) is 0 Å². The minimum atomic E-state index is -2.74. The second kappa shape index (κ2) is 6.63. The molecule has 0 aromatic carbocycles. The van der Waals surface area contributed by atoms with Crippen LogP contribution < -0.4 is 0 Å². The van der Waals surface area contributed by atoms with Gasteiger partial charge in [0.15, 0.2) is 9.84 Å². The van der Waals surface area contributed by atoms with Crippen molar-refractivity contribution in [3.8, 4) is 11.3 Å². The van der Waals surface area contributed by atoms with E-state index in [1.807, 2.05) is 12.3 Å². The van der Waals surface area contributed by atoms with Gasteiger partial charge in [0.1, 0.15) is 0 Å². The third-order valence-electron chi connectivity index (χ3n) is 8.26. The molecule has 2 aromatic rings. The van der Waals surface area contributed by atoms with Crippen LogP contribution in [-0.4, -0.2) is 58.7 Å². The topological polar surface area (TPSA) is 68.1 Å². The number of aromatic nitrogens is 3. The van der Waals surface area contributed by atoms with Crippen LogP contribution >= 0.6 is 0 Å². The van der Waals surface area contributed by atoms with Crippen LogP contribution in [0.25, 0.3) is 11.3 Å². The van der Waals surface area contributed by atoms with Gasteiger partial charge in [-0.05, 0) is 69.2 Å². The summed E-state index contributed by atoms with van der Waals surface area (Å²) < 4.78 is 25.7. The molecule has 7 heteroatoms. The Labute approximate surface area is 178 Å². The van der Waals surface area contributed by atoms with E-state index in [1.165, 1.54) is 25.0 Å². The van der Waals surface area contributed by atoms with Crippen molar-refractivity contribution in [2.45, 2.75) is 51.1 Å². The van der Waals surface area contributed by atoms with Gasteiger partial charge in [0.25, 0.3) is 0 Å². The Bertz CT molecular complexity index is 1050. The zero-order valence-electron chi connectivity index (χ0n) is 17.6. The molecule has 4 atom stereocenters. The minimum Gasteiger partial charge on any atom is -0.299 e. The van der Waals surface area contributed by atoms with Gasteiger partial charge in [-0.3, -0.25) is 14.6 Å². The van der Waals surface area contributed by atoms with Gasteiger partial charge in [0.05, 0.1) is 17.2 Å². The van der Waals surface area contributed by atoms with Crippen molar-refractivity contribution in [3.05, 3.63) is 36.3 Å². The standard InChI is InChI=1S/C23H30N4O2S/c1-2-27-22(11-20(25-27)16-4-3-6-24-12-16)19-9-18-8-17(19)10-21(18)26-7-5-23(13-26)14-30(28,29)15-23/h3-4,6,11-12,17-19,21H,2,5,7-10,13-15H2,1H3/t17-,18?,19+,21+/m0/s1. The van der Waals surface area contributed by atoms with Crippen molar-refractivity contribution in [2.24, 2.45) is 17.3 Å². The number of fused-ring (bicyclic) bond motifs is 2. The molecule has 4 aliphatic rings. The minimum absolute atomic E-state index is 0.0829. The maximum absolute atomic E-state index is 11.7. The Morgan fingerprint density at radius 2 is 2.07 bits per heavy atom. The predicted octanol–water partition coefficient (Wildman–Crippen LogP) is 2.97. The molecule has 4 fully saturated rings. The predicted molar refractivity (Wildman–Crippen MR) is 116 cm³/mol. The largest absolute Gasteiger partial charge is 0.299 e. The molecule has 2 aliphatic heterocycles. The van der Waals surface area contributed by atoms with E-state index in [9.17, 15) is 8.42 Å². The highest BCUT2D eigenvalue weighted by molar-refractivity contribution is 7.92. The second-order valence-electron chi connectivity index (χ2n) is 10.2. The van der Waals surface area contributed by atoms with Gasteiger partial charge >= 0.3 is 0 Å². The smallest absolute Gasteiger partial charge is 0.151 e. The van der Waals surface area contributed by atoms with Crippen molar-refractivity contribution >= 4 is 9.84 Å². The van der Waals surface area contributed by atoms with E-state index >= 15 is 0 Å². The number of hydrogen-bond acceptors (Lipinski definition) is 5. The maximum atomic E-state index is 11.7. The molecule has 1 spiro atoms. The number of nitrogens with zero attached hydrogens (tertiary/aromatic N) is 4. The van der Waals surface area contributed by atoms with E-state index in [0.717, 1.165) is 49.1 Å². The molecule has 2 bridgehead atoms. The third-order valence-corrected chi connectivity index (χ3v) is 10.4. The van der Waals surface area contributed by atoms with E-state index in [2.05, 4.69) is 33.6 Å². The fourth-order valence-electron chi connectivity index (χ4n) is 7.07. The van der Waals surface area contributed by atoms with Crippen molar-refractivity contribution in [1.82, 2.24) is 19.7 Å². The van der Waals surface area contributed by atoms with Gasteiger partial charge in [-0.2, -0.15) is 5.10 Å². The number of aryl methyl sites for hydroxylation is 1. The quantitative estimate of drug-likeness (QED) is 0.752. The summed E-state index contributed by atoms with van der Waals surface area (Å²) in [5.41, 5.74) is 3.60. The lowest BCUT2D eigenvalue weighted by molar-refractivity contribution is 0.150. The third kappa shape index (κ3) is 2.96. The Balaban J connectivity index is 1.18. The maximum Gasteiger partial charge on any atom is 0.151 e. The van der Waals surface area contributed by atoms with Crippen LogP contribution in [0.15, 0.2) is 30.6 Å². The molecule has 4 heterocycles. The average molecular weight is 427 g/mol. The molecule has 160 valence electrons. The van der Waals surface area contributed by atoms with Gasteiger partial charge in [0, 0.05) is 54.1 Å². The van der Waals surface area contributed by atoms with E-state index in [-0.39, 0.29) is 5.41 Å². The van der Waals surface area contributed by atoms with Crippen LogP contribution in [0.3, 0.4) is 0 Å².